The third kappa shape index (κ3) is 3.11. The van der Waals surface area contributed by atoms with Crippen molar-refractivity contribution in [1.29, 1.82) is 0 Å². The van der Waals surface area contributed by atoms with Gasteiger partial charge in [0.1, 0.15) is 18.5 Å². The highest BCUT2D eigenvalue weighted by atomic mass is 16.5. The number of hydrogen-bond acceptors (Lipinski definition) is 2. The molecule has 0 amide bonds. The van der Waals surface area contributed by atoms with Crippen LogP contribution in [0.1, 0.15) is 24.2 Å². The minimum Gasteiger partial charge on any atom is -0.490 e. The van der Waals surface area contributed by atoms with Gasteiger partial charge in [-0.05, 0) is 23.6 Å². The first-order valence-electron chi connectivity index (χ1n) is 6.25. The van der Waals surface area contributed by atoms with Crippen LogP contribution in [0.4, 0.5) is 0 Å². The maximum atomic E-state index is 10.0. The molecule has 1 atom stereocenters. The Kier molecular flexibility index (Phi) is 4.37. The molecule has 0 fully saturated rings. The van der Waals surface area contributed by atoms with Gasteiger partial charge >= 0.3 is 0 Å². The predicted octanol–water partition coefficient (Wildman–Crippen LogP) is 3.36. The summed E-state index contributed by atoms with van der Waals surface area (Å²) in [5, 5.41) is 10.0. The first-order valence-corrected chi connectivity index (χ1v) is 6.25. The molecule has 0 spiro atoms. The fourth-order valence-corrected chi connectivity index (χ4v) is 1.88. The number of para-hydroxylation sites is 1. The lowest BCUT2D eigenvalue weighted by Gasteiger charge is -2.14. The Morgan fingerprint density at radius 3 is 2.39 bits per heavy atom. The smallest absolute Gasteiger partial charge is 0.122 e. The van der Waals surface area contributed by atoms with Gasteiger partial charge < -0.3 is 9.84 Å². The Morgan fingerprint density at radius 1 is 1.00 bits per heavy atom. The van der Waals surface area contributed by atoms with Gasteiger partial charge in [-0.3, -0.25) is 0 Å². The highest BCUT2D eigenvalue weighted by Crippen LogP contribution is 2.20. The fourth-order valence-electron chi connectivity index (χ4n) is 1.88. The molecular weight excluding hydrogens is 224 g/mol. The van der Waals surface area contributed by atoms with Crippen LogP contribution in [0, 0.1) is 0 Å². The number of aliphatic hydroxyl groups is 1. The second-order valence-corrected chi connectivity index (χ2v) is 4.20. The molecular formula is C16H18O2. The standard InChI is InChI=1S/C16H18O2/c1-2-13-8-6-7-11-16(13)18-12-15(17)14-9-4-3-5-10-14/h3-11,15,17H,2,12H2,1H3. The Morgan fingerprint density at radius 2 is 1.67 bits per heavy atom. The molecule has 2 aromatic carbocycles. The molecule has 0 saturated heterocycles. The van der Waals surface area contributed by atoms with Crippen molar-refractivity contribution in [3.63, 3.8) is 0 Å². The first kappa shape index (κ1) is 12.7. The van der Waals surface area contributed by atoms with Crippen LogP contribution in [0.15, 0.2) is 54.6 Å². The maximum absolute atomic E-state index is 10.0. The molecule has 0 aromatic heterocycles. The molecule has 0 aliphatic rings. The van der Waals surface area contributed by atoms with Crippen molar-refractivity contribution in [3.8, 4) is 5.75 Å². The zero-order chi connectivity index (χ0) is 12.8. The van der Waals surface area contributed by atoms with E-state index in [2.05, 4.69) is 6.92 Å². The van der Waals surface area contributed by atoms with Crippen molar-refractivity contribution in [2.75, 3.05) is 6.61 Å². The van der Waals surface area contributed by atoms with Crippen LogP contribution < -0.4 is 4.74 Å². The van der Waals surface area contributed by atoms with E-state index in [0.717, 1.165) is 23.3 Å². The van der Waals surface area contributed by atoms with Gasteiger partial charge in [-0.15, -0.1) is 0 Å². The Hall–Kier alpha value is -1.80. The van der Waals surface area contributed by atoms with E-state index in [1.165, 1.54) is 0 Å². The minimum absolute atomic E-state index is 0.279. The summed E-state index contributed by atoms with van der Waals surface area (Å²) in [5.74, 6) is 0.856. The van der Waals surface area contributed by atoms with Crippen LogP contribution in [0.3, 0.4) is 0 Å². The molecule has 18 heavy (non-hydrogen) atoms. The van der Waals surface area contributed by atoms with E-state index in [4.69, 9.17) is 4.74 Å². The summed E-state index contributed by atoms with van der Waals surface area (Å²) in [6, 6.07) is 17.5. The summed E-state index contributed by atoms with van der Waals surface area (Å²) in [6.45, 7) is 2.37. The van der Waals surface area contributed by atoms with Crippen LogP contribution in [0.5, 0.6) is 5.75 Å². The first-order chi connectivity index (χ1) is 8.81. The average molecular weight is 242 g/mol. The van der Waals surface area contributed by atoms with E-state index in [9.17, 15) is 5.11 Å². The van der Waals surface area contributed by atoms with Gasteiger partial charge in [-0.1, -0.05) is 55.5 Å². The summed E-state index contributed by atoms with van der Waals surface area (Å²) in [5.41, 5.74) is 2.05. The lowest BCUT2D eigenvalue weighted by atomic mass is 10.1. The fraction of sp³-hybridized carbons (Fsp3) is 0.250. The SMILES string of the molecule is CCc1ccccc1OCC(O)c1ccccc1. The topological polar surface area (TPSA) is 29.5 Å². The zero-order valence-corrected chi connectivity index (χ0v) is 10.5. The van der Waals surface area contributed by atoms with Gasteiger partial charge in [0, 0.05) is 0 Å². The van der Waals surface area contributed by atoms with E-state index < -0.39 is 6.10 Å². The number of hydrogen-bond donors (Lipinski definition) is 1. The Balaban J connectivity index is 1.99. The summed E-state index contributed by atoms with van der Waals surface area (Å²) in [6.07, 6.45) is 0.341. The molecule has 1 N–H and O–H groups in total. The van der Waals surface area contributed by atoms with Crippen LogP contribution >= 0.6 is 0 Å². The number of aliphatic hydroxyl groups excluding tert-OH is 1. The molecule has 1 unspecified atom stereocenters. The van der Waals surface area contributed by atoms with Gasteiger partial charge in [-0.2, -0.15) is 0 Å². The van der Waals surface area contributed by atoms with Crippen LogP contribution in [0.25, 0.3) is 0 Å². The molecule has 0 radical (unpaired) electrons. The van der Waals surface area contributed by atoms with E-state index in [0.29, 0.717) is 0 Å². The van der Waals surface area contributed by atoms with Crippen LogP contribution in [0.2, 0.25) is 0 Å². The van der Waals surface area contributed by atoms with E-state index in [1.54, 1.807) is 0 Å². The van der Waals surface area contributed by atoms with Gasteiger partial charge in [0.2, 0.25) is 0 Å². The summed E-state index contributed by atoms with van der Waals surface area (Å²) < 4.78 is 5.69. The van der Waals surface area contributed by atoms with Gasteiger partial charge in [0.15, 0.2) is 0 Å². The second-order valence-electron chi connectivity index (χ2n) is 4.20. The quantitative estimate of drug-likeness (QED) is 0.871. The zero-order valence-electron chi connectivity index (χ0n) is 10.5. The maximum Gasteiger partial charge on any atom is 0.122 e. The summed E-state index contributed by atoms with van der Waals surface area (Å²) >= 11 is 0. The monoisotopic (exact) mass is 242 g/mol. The van der Waals surface area contributed by atoms with E-state index in [-0.39, 0.29) is 6.61 Å². The molecule has 2 aromatic rings. The van der Waals surface area contributed by atoms with Gasteiger partial charge in [0.05, 0.1) is 0 Å². The molecule has 94 valence electrons. The lowest BCUT2D eigenvalue weighted by Crippen LogP contribution is -2.10. The van der Waals surface area contributed by atoms with Gasteiger partial charge in [-0.25, -0.2) is 0 Å². The third-order valence-electron chi connectivity index (χ3n) is 2.93. The summed E-state index contributed by atoms with van der Waals surface area (Å²) in [4.78, 5) is 0. The largest absolute Gasteiger partial charge is 0.490 e. The van der Waals surface area contributed by atoms with Gasteiger partial charge in [0.25, 0.3) is 0 Å². The molecule has 0 bridgehead atoms. The normalized spacial score (nSPS) is 12.1. The number of rotatable bonds is 5. The van der Waals surface area contributed by atoms with Crippen molar-refractivity contribution in [2.24, 2.45) is 0 Å². The lowest BCUT2D eigenvalue weighted by molar-refractivity contribution is 0.107. The van der Waals surface area contributed by atoms with E-state index >= 15 is 0 Å². The predicted molar refractivity (Wildman–Crippen MR) is 72.7 cm³/mol. The molecule has 2 heteroatoms. The van der Waals surface area contributed by atoms with Crippen molar-refractivity contribution in [2.45, 2.75) is 19.4 Å². The Bertz CT molecular complexity index is 479. The second kappa shape index (κ2) is 6.22. The van der Waals surface area contributed by atoms with E-state index in [1.807, 2.05) is 54.6 Å². The average Bonchev–Trinajstić information content (AvgIpc) is 2.46. The number of benzene rings is 2. The molecule has 0 aliphatic heterocycles. The molecule has 2 rings (SSSR count). The third-order valence-corrected chi connectivity index (χ3v) is 2.93. The molecule has 2 nitrogen and oxygen atoms in total. The number of ether oxygens (including phenoxy) is 1. The minimum atomic E-state index is -0.587. The summed E-state index contributed by atoms with van der Waals surface area (Å²) in [7, 11) is 0. The van der Waals surface area contributed by atoms with Crippen LogP contribution in [-0.4, -0.2) is 11.7 Å². The molecule has 0 saturated carbocycles. The molecule has 0 aliphatic carbocycles. The van der Waals surface area contributed by atoms with Crippen molar-refractivity contribution in [3.05, 3.63) is 65.7 Å². The highest BCUT2D eigenvalue weighted by Gasteiger charge is 2.08. The van der Waals surface area contributed by atoms with Crippen molar-refractivity contribution < 1.29 is 9.84 Å². The van der Waals surface area contributed by atoms with Crippen molar-refractivity contribution in [1.82, 2.24) is 0 Å². The number of aryl methyl sites for hydroxylation is 1. The molecule has 0 heterocycles. The Labute approximate surface area is 108 Å². The highest BCUT2D eigenvalue weighted by molar-refractivity contribution is 5.33. The van der Waals surface area contributed by atoms with Crippen molar-refractivity contribution >= 4 is 0 Å². The van der Waals surface area contributed by atoms with Crippen LogP contribution in [-0.2, 0) is 6.42 Å².